The Hall–Kier alpha value is -0.870. The smallest absolute Gasteiger partial charge is 0.220 e. The minimum absolute atomic E-state index is 0.0400. The van der Waals surface area contributed by atoms with Crippen LogP contribution < -0.4 is 5.32 Å². The van der Waals surface area contributed by atoms with E-state index in [-0.39, 0.29) is 18.1 Å². The van der Waals surface area contributed by atoms with E-state index in [1.807, 2.05) is 30.3 Å². The molecule has 1 aliphatic heterocycles. The van der Waals surface area contributed by atoms with Crippen LogP contribution in [0.2, 0.25) is 0 Å². The SMILES string of the molecule is O=C(CCC1CCCO1)NC(CBr)c1ccccc1. The molecule has 0 bridgehead atoms. The summed E-state index contributed by atoms with van der Waals surface area (Å²) in [5.41, 5.74) is 1.13. The monoisotopic (exact) mass is 325 g/mol. The van der Waals surface area contributed by atoms with Crippen molar-refractivity contribution in [1.82, 2.24) is 5.32 Å². The lowest BCUT2D eigenvalue weighted by molar-refractivity contribution is -0.122. The Balaban J connectivity index is 1.79. The fourth-order valence-electron chi connectivity index (χ4n) is 2.33. The van der Waals surface area contributed by atoms with E-state index < -0.39 is 0 Å². The van der Waals surface area contributed by atoms with E-state index in [4.69, 9.17) is 4.74 Å². The first-order chi connectivity index (χ1) is 9.29. The average Bonchev–Trinajstić information content (AvgIpc) is 2.97. The quantitative estimate of drug-likeness (QED) is 0.816. The van der Waals surface area contributed by atoms with Gasteiger partial charge in [0.2, 0.25) is 5.91 Å². The Morgan fingerprint density at radius 1 is 1.42 bits per heavy atom. The molecule has 1 aromatic carbocycles. The van der Waals surface area contributed by atoms with Gasteiger partial charge < -0.3 is 10.1 Å². The number of alkyl halides is 1. The molecule has 1 N–H and O–H groups in total. The fraction of sp³-hybridized carbons (Fsp3) is 0.533. The van der Waals surface area contributed by atoms with E-state index in [9.17, 15) is 4.79 Å². The number of carbonyl (C=O) groups excluding carboxylic acids is 1. The van der Waals surface area contributed by atoms with Crippen LogP contribution in [0, 0.1) is 0 Å². The van der Waals surface area contributed by atoms with Crippen LogP contribution in [0.5, 0.6) is 0 Å². The van der Waals surface area contributed by atoms with Gasteiger partial charge in [-0.1, -0.05) is 46.3 Å². The molecule has 0 radical (unpaired) electrons. The van der Waals surface area contributed by atoms with Crippen molar-refractivity contribution < 1.29 is 9.53 Å². The van der Waals surface area contributed by atoms with Gasteiger partial charge in [0, 0.05) is 18.4 Å². The fourth-order valence-corrected chi connectivity index (χ4v) is 2.86. The lowest BCUT2D eigenvalue weighted by Gasteiger charge is -2.17. The highest BCUT2D eigenvalue weighted by molar-refractivity contribution is 9.09. The molecule has 0 aliphatic carbocycles. The van der Waals surface area contributed by atoms with Crippen LogP contribution in [0.25, 0.3) is 0 Å². The van der Waals surface area contributed by atoms with Gasteiger partial charge in [0.25, 0.3) is 0 Å². The van der Waals surface area contributed by atoms with Crippen molar-refractivity contribution in [2.45, 2.75) is 37.8 Å². The normalized spacial score (nSPS) is 20.2. The molecule has 3 nitrogen and oxygen atoms in total. The summed E-state index contributed by atoms with van der Waals surface area (Å²) in [7, 11) is 0. The largest absolute Gasteiger partial charge is 0.378 e. The Bertz CT molecular complexity index is 390. The van der Waals surface area contributed by atoms with E-state index in [0.717, 1.165) is 36.8 Å². The second-order valence-electron chi connectivity index (χ2n) is 4.86. The summed E-state index contributed by atoms with van der Waals surface area (Å²) in [6.07, 6.45) is 3.87. The predicted octanol–water partition coefficient (Wildman–Crippen LogP) is 3.20. The summed E-state index contributed by atoms with van der Waals surface area (Å²) >= 11 is 3.46. The van der Waals surface area contributed by atoms with Crippen LogP contribution in [0.4, 0.5) is 0 Å². The lowest BCUT2D eigenvalue weighted by atomic mass is 10.1. The van der Waals surface area contributed by atoms with Crippen molar-refractivity contribution in [1.29, 1.82) is 0 Å². The molecule has 0 saturated carbocycles. The van der Waals surface area contributed by atoms with Gasteiger partial charge in [0.1, 0.15) is 0 Å². The minimum Gasteiger partial charge on any atom is -0.378 e. The standard InChI is InChI=1S/C15H20BrNO2/c16-11-14(12-5-2-1-3-6-12)17-15(18)9-8-13-7-4-10-19-13/h1-3,5-6,13-14H,4,7-11H2,(H,17,18). The van der Waals surface area contributed by atoms with Crippen LogP contribution in [-0.4, -0.2) is 23.9 Å². The Kier molecular flexibility index (Phi) is 5.86. The highest BCUT2D eigenvalue weighted by Crippen LogP contribution is 2.18. The van der Waals surface area contributed by atoms with Crippen molar-refractivity contribution in [3.8, 4) is 0 Å². The van der Waals surface area contributed by atoms with Crippen molar-refractivity contribution in [3.05, 3.63) is 35.9 Å². The number of carbonyl (C=O) groups is 1. The molecule has 19 heavy (non-hydrogen) atoms. The molecule has 0 aromatic heterocycles. The third kappa shape index (κ3) is 4.62. The highest BCUT2D eigenvalue weighted by atomic mass is 79.9. The Morgan fingerprint density at radius 2 is 2.21 bits per heavy atom. The van der Waals surface area contributed by atoms with Gasteiger partial charge in [-0.2, -0.15) is 0 Å². The molecular formula is C15H20BrNO2. The summed E-state index contributed by atoms with van der Waals surface area (Å²) in [5, 5.41) is 3.79. The van der Waals surface area contributed by atoms with Gasteiger partial charge in [-0.25, -0.2) is 0 Å². The summed E-state index contributed by atoms with van der Waals surface area (Å²) in [6, 6.07) is 10.1. The second-order valence-corrected chi connectivity index (χ2v) is 5.51. The molecule has 4 heteroatoms. The van der Waals surface area contributed by atoms with E-state index in [1.165, 1.54) is 0 Å². The zero-order chi connectivity index (χ0) is 13.5. The first-order valence-corrected chi connectivity index (χ1v) is 7.93. The van der Waals surface area contributed by atoms with Crippen LogP contribution in [0.1, 0.15) is 37.3 Å². The van der Waals surface area contributed by atoms with Crippen LogP contribution in [0.15, 0.2) is 30.3 Å². The maximum atomic E-state index is 12.0. The molecule has 1 amide bonds. The number of amides is 1. The number of hydrogen-bond donors (Lipinski definition) is 1. The molecule has 1 heterocycles. The van der Waals surface area contributed by atoms with Gasteiger partial charge in [0.15, 0.2) is 0 Å². The van der Waals surface area contributed by atoms with Crippen molar-refractivity contribution in [3.63, 3.8) is 0 Å². The van der Waals surface area contributed by atoms with Gasteiger partial charge in [-0.15, -0.1) is 0 Å². The maximum absolute atomic E-state index is 12.0. The summed E-state index contributed by atoms with van der Waals surface area (Å²) in [6.45, 7) is 0.848. The van der Waals surface area contributed by atoms with E-state index >= 15 is 0 Å². The summed E-state index contributed by atoms with van der Waals surface area (Å²) in [4.78, 5) is 12.0. The van der Waals surface area contributed by atoms with Crippen LogP contribution in [-0.2, 0) is 9.53 Å². The van der Waals surface area contributed by atoms with Crippen molar-refractivity contribution >= 4 is 21.8 Å². The zero-order valence-electron chi connectivity index (χ0n) is 11.0. The molecule has 2 unspecified atom stereocenters. The summed E-state index contributed by atoms with van der Waals surface area (Å²) < 4.78 is 5.53. The highest BCUT2D eigenvalue weighted by Gasteiger charge is 2.18. The van der Waals surface area contributed by atoms with Crippen molar-refractivity contribution in [2.24, 2.45) is 0 Å². The molecule has 2 rings (SSSR count). The topological polar surface area (TPSA) is 38.3 Å². The number of halogens is 1. The predicted molar refractivity (Wildman–Crippen MR) is 79.3 cm³/mol. The van der Waals surface area contributed by atoms with Crippen LogP contribution >= 0.6 is 15.9 Å². The molecule has 1 fully saturated rings. The number of nitrogens with one attached hydrogen (secondary N) is 1. The minimum atomic E-state index is 0.0400. The average molecular weight is 326 g/mol. The van der Waals surface area contributed by atoms with Crippen LogP contribution in [0.3, 0.4) is 0 Å². The second kappa shape index (κ2) is 7.65. The Morgan fingerprint density at radius 3 is 2.84 bits per heavy atom. The molecule has 1 aromatic rings. The third-order valence-electron chi connectivity index (χ3n) is 3.41. The van der Waals surface area contributed by atoms with Gasteiger partial charge in [-0.3, -0.25) is 4.79 Å². The summed E-state index contributed by atoms with van der Waals surface area (Å²) in [5.74, 6) is 0.101. The molecule has 1 saturated heterocycles. The first kappa shape index (κ1) is 14.5. The zero-order valence-corrected chi connectivity index (χ0v) is 12.6. The molecule has 0 spiro atoms. The van der Waals surface area contributed by atoms with E-state index in [0.29, 0.717) is 6.42 Å². The molecule has 104 valence electrons. The number of benzene rings is 1. The number of ether oxygens (including phenoxy) is 1. The Labute approximate surface area is 122 Å². The molecule has 1 aliphatic rings. The number of hydrogen-bond acceptors (Lipinski definition) is 2. The molecular weight excluding hydrogens is 306 g/mol. The van der Waals surface area contributed by atoms with E-state index in [1.54, 1.807) is 0 Å². The van der Waals surface area contributed by atoms with Gasteiger partial charge >= 0.3 is 0 Å². The van der Waals surface area contributed by atoms with Gasteiger partial charge in [0.05, 0.1) is 12.1 Å². The van der Waals surface area contributed by atoms with Crippen molar-refractivity contribution in [2.75, 3.05) is 11.9 Å². The first-order valence-electron chi connectivity index (χ1n) is 6.81. The maximum Gasteiger partial charge on any atom is 0.220 e. The third-order valence-corrected chi connectivity index (χ3v) is 4.06. The molecule has 2 atom stereocenters. The van der Waals surface area contributed by atoms with E-state index in [2.05, 4.69) is 21.2 Å². The lowest BCUT2D eigenvalue weighted by Crippen LogP contribution is -2.30. The number of rotatable bonds is 6. The van der Waals surface area contributed by atoms with Gasteiger partial charge in [-0.05, 0) is 24.8 Å².